The molecule has 144 valence electrons. The minimum Gasteiger partial charge on any atom is -0.497 e. The molecule has 0 aliphatic heterocycles. The largest absolute Gasteiger partial charge is 0.497 e. The Kier molecular flexibility index (Phi) is 8.09. The fourth-order valence-electron chi connectivity index (χ4n) is 2.39. The number of amides is 1. The van der Waals surface area contributed by atoms with Crippen LogP contribution in [0.5, 0.6) is 11.5 Å². The van der Waals surface area contributed by atoms with Crippen LogP contribution >= 0.6 is 0 Å². The van der Waals surface area contributed by atoms with Crippen molar-refractivity contribution in [3.63, 3.8) is 0 Å². The van der Waals surface area contributed by atoms with E-state index in [1.165, 1.54) is 6.20 Å². The van der Waals surface area contributed by atoms with Gasteiger partial charge in [-0.1, -0.05) is 0 Å². The van der Waals surface area contributed by atoms with Crippen molar-refractivity contribution in [2.45, 2.75) is 13.3 Å². The van der Waals surface area contributed by atoms with E-state index >= 15 is 0 Å². The van der Waals surface area contributed by atoms with Gasteiger partial charge in [0.15, 0.2) is 0 Å². The minimum atomic E-state index is -0.336. The van der Waals surface area contributed by atoms with Gasteiger partial charge in [0.05, 0.1) is 32.2 Å². The molecule has 0 saturated carbocycles. The molecular formula is C20H24N2O5. The number of carbonyl (C=O) groups excluding carboxylic acids is 2. The fourth-order valence-corrected chi connectivity index (χ4v) is 2.39. The SMILES string of the molecule is CCOC(=O)CCN(CCOc1ccc(OC)cc1)C(=O)c1cccnc1. The molecule has 7 nitrogen and oxygen atoms in total. The molecule has 0 radical (unpaired) electrons. The first kappa shape index (κ1) is 20.2. The molecule has 0 aliphatic rings. The van der Waals surface area contributed by atoms with Gasteiger partial charge < -0.3 is 19.1 Å². The molecule has 0 aliphatic carbocycles. The van der Waals surface area contributed by atoms with E-state index in [-0.39, 0.29) is 24.8 Å². The number of hydrogen-bond acceptors (Lipinski definition) is 6. The van der Waals surface area contributed by atoms with Gasteiger partial charge >= 0.3 is 5.97 Å². The maximum Gasteiger partial charge on any atom is 0.307 e. The average Bonchev–Trinajstić information content (AvgIpc) is 2.71. The lowest BCUT2D eigenvalue weighted by atomic mass is 10.2. The van der Waals surface area contributed by atoms with Gasteiger partial charge in [0.25, 0.3) is 5.91 Å². The second-order valence-corrected chi connectivity index (χ2v) is 5.61. The van der Waals surface area contributed by atoms with E-state index in [1.807, 2.05) is 0 Å². The topological polar surface area (TPSA) is 78.0 Å². The minimum absolute atomic E-state index is 0.127. The highest BCUT2D eigenvalue weighted by atomic mass is 16.5. The van der Waals surface area contributed by atoms with Gasteiger partial charge in [-0.15, -0.1) is 0 Å². The van der Waals surface area contributed by atoms with Gasteiger partial charge in [-0.05, 0) is 43.3 Å². The van der Waals surface area contributed by atoms with Crippen molar-refractivity contribution in [3.8, 4) is 11.5 Å². The first-order chi connectivity index (χ1) is 13.1. The van der Waals surface area contributed by atoms with E-state index in [9.17, 15) is 9.59 Å². The van der Waals surface area contributed by atoms with Crippen LogP contribution in [0.3, 0.4) is 0 Å². The Labute approximate surface area is 158 Å². The zero-order valence-electron chi connectivity index (χ0n) is 15.6. The monoisotopic (exact) mass is 372 g/mol. The molecule has 0 bridgehead atoms. The molecule has 1 aromatic heterocycles. The molecule has 0 fully saturated rings. The Hall–Kier alpha value is -3.09. The number of esters is 1. The van der Waals surface area contributed by atoms with E-state index in [2.05, 4.69) is 4.98 Å². The third-order valence-electron chi connectivity index (χ3n) is 3.78. The summed E-state index contributed by atoms with van der Waals surface area (Å²) in [4.78, 5) is 29.9. The van der Waals surface area contributed by atoms with Crippen molar-refractivity contribution in [2.75, 3.05) is 33.4 Å². The summed E-state index contributed by atoms with van der Waals surface area (Å²) >= 11 is 0. The Morgan fingerprint density at radius 2 is 1.81 bits per heavy atom. The number of nitrogens with zero attached hydrogens (tertiary/aromatic N) is 2. The molecule has 1 aromatic carbocycles. The van der Waals surface area contributed by atoms with E-state index in [0.717, 1.165) is 5.75 Å². The number of aromatic nitrogens is 1. The summed E-state index contributed by atoms with van der Waals surface area (Å²) in [6, 6.07) is 10.6. The Balaban J connectivity index is 1.95. The molecule has 2 rings (SSSR count). The van der Waals surface area contributed by atoms with Gasteiger partial charge in [0.1, 0.15) is 18.1 Å². The number of ether oxygens (including phenoxy) is 3. The quantitative estimate of drug-likeness (QED) is 0.597. The highest BCUT2D eigenvalue weighted by Crippen LogP contribution is 2.17. The highest BCUT2D eigenvalue weighted by Gasteiger charge is 2.17. The van der Waals surface area contributed by atoms with Crippen LogP contribution in [0.1, 0.15) is 23.7 Å². The summed E-state index contributed by atoms with van der Waals surface area (Å²) in [6.07, 6.45) is 3.24. The fraction of sp³-hybridized carbons (Fsp3) is 0.350. The molecule has 7 heteroatoms. The lowest BCUT2D eigenvalue weighted by Gasteiger charge is -2.22. The molecule has 2 aromatic rings. The maximum absolute atomic E-state index is 12.7. The van der Waals surface area contributed by atoms with Crippen LogP contribution in [0.15, 0.2) is 48.8 Å². The van der Waals surface area contributed by atoms with Gasteiger partial charge in [-0.25, -0.2) is 0 Å². The van der Waals surface area contributed by atoms with Crippen LogP contribution in [0.25, 0.3) is 0 Å². The van der Waals surface area contributed by atoms with E-state index < -0.39 is 0 Å². The number of pyridine rings is 1. The molecule has 0 N–H and O–H groups in total. The molecule has 1 amide bonds. The normalized spacial score (nSPS) is 10.1. The molecule has 27 heavy (non-hydrogen) atoms. The molecular weight excluding hydrogens is 348 g/mol. The van der Waals surface area contributed by atoms with Crippen LogP contribution in [-0.2, 0) is 9.53 Å². The third-order valence-corrected chi connectivity index (χ3v) is 3.78. The van der Waals surface area contributed by atoms with Crippen molar-refractivity contribution < 1.29 is 23.8 Å². The van der Waals surface area contributed by atoms with Gasteiger partial charge in [0.2, 0.25) is 0 Å². The van der Waals surface area contributed by atoms with E-state index in [0.29, 0.717) is 31.1 Å². The van der Waals surface area contributed by atoms with Crippen LogP contribution in [0.4, 0.5) is 0 Å². The summed E-state index contributed by atoms with van der Waals surface area (Å²) in [5.74, 6) is 0.878. The van der Waals surface area contributed by atoms with Crippen molar-refractivity contribution >= 4 is 11.9 Å². The Morgan fingerprint density at radius 3 is 2.44 bits per heavy atom. The van der Waals surface area contributed by atoms with E-state index in [4.69, 9.17) is 14.2 Å². The molecule has 0 atom stereocenters. The average molecular weight is 372 g/mol. The molecule has 0 unspecified atom stereocenters. The third kappa shape index (κ3) is 6.62. The number of rotatable bonds is 10. The predicted molar refractivity (Wildman–Crippen MR) is 99.9 cm³/mol. The number of benzene rings is 1. The summed E-state index contributed by atoms with van der Waals surface area (Å²) in [6.45, 7) is 2.94. The lowest BCUT2D eigenvalue weighted by molar-refractivity contribution is -0.143. The smallest absolute Gasteiger partial charge is 0.307 e. The first-order valence-electron chi connectivity index (χ1n) is 8.75. The maximum atomic E-state index is 12.7. The van der Waals surface area contributed by atoms with Crippen molar-refractivity contribution in [1.29, 1.82) is 0 Å². The second kappa shape index (κ2) is 10.8. The Bertz CT molecular complexity index is 719. The van der Waals surface area contributed by atoms with Crippen LogP contribution in [0.2, 0.25) is 0 Å². The van der Waals surface area contributed by atoms with Gasteiger partial charge in [-0.3, -0.25) is 14.6 Å². The molecule has 0 saturated heterocycles. The number of carbonyl (C=O) groups is 2. The number of hydrogen-bond donors (Lipinski definition) is 0. The summed E-state index contributed by atoms with van der Waals surface area (Å²) in [5.41, 5.74) is 0.464. The highest BCUT2D eigenvalue weighted by molar-refractivity contribution is 5.94. The first-order valence-corrected chi connectivity index (χ1v) is 8.75. The van der Waals surface area contributed by atoms with Crippen LogP contribution in [-0.4, -0.2) is 55.2 Å². The molecule has 0 spiro atoms. The number of methoxy groups -OCH3 is 1. The van der Waals surface area contributed by atoms with Gasteiger partial charge in [0, 0.05) is 18.9 Å². The standard InChI is InChI=1S/C20H24N2O5/c1-3-26-19(23)10-12-22(20(24)16-5-4-11-21-15-16)13-14-27-18-8-6-17(25-2)7-9-18/h4-9,11,15H,3,10,12-14H2,1-2H3. The van der Waals surface area contributed by atoms with E-state index in [1.54, 1.807) is 61.5 Å². The van der Waals surface area contributed by atoms with Crippen LogP contribution < -0.4 is 9.47 Å². The lowest BCUT2D eigenvalue weighted by Crippen LogP contribution is -2.36. The predicted octanol–water partition coefficient (Wildman–Crippen LogP) is 2.56. The van der Waals surface area contributed by atoms with Crippen molar-refractivity contribution in [1.82, 2.24) is 9.88 Å². The Morgan fingerprint density at radius 1 is 1.07 bits per heavy atom. The summed E-state index contributed by atoms with van der Waals surface area (Å²) in [7, 11) is 1.60. The van der Waals surface area contributed by atoms with Crippen molar-refractivity contribution in [3.05, 3.63) is 54.4 Å². The van der Waals surface area contributed by atoms with Crippen molar-refractivity contribution in [2.24, 2.45) is 0 Å². The molecule has 1 heterocycles. The summed E-state index contributed by atoms with van der Waals surface area (Å²) in [5, 5.41) is 0. The zero-order chi connectivity index (χ0) is 19.5. The van der Waals surface area contributed by atoms with Gasteiger partial charge in [-0.2, -0.15) is 0 Å². The summed E-state index contributed by atoms with van der Waals surface area (Å²) < 4.78 is 15.7. The van der Waals surface area contributed by atoms with Crippen LogP contribution in [0, 0.1) is 0 Å². The second-order valence-electron chi connectivity index (χ2n) is 5.61. The zero-order valence-corrected chi connectivity index (χ0v) is 15.6.